The second kappa shape index (κ2) is 14.5. The first-order valence-electron chi connectivity index (χ1n) is 11.2. The molecule has 37 heavy (non-hydrogen) atoms. The number of carboxylic acids is 2. The Hall–Kier alpha value is -2.36. The summed E-state index contributed by atoms with van der Waals surface area (Å²) < 4.78 is 79.5. The zero-order valence-electron chi connectivity index (χ0n) is 20.5. The summed E-state index contributed by atoms with van der Waals surface area (Å²) in [5.74, 6) is -4.86. The van der Waals surface area contributed by atoms with Gasteiger partial charge in [-0.25, -0.2) is 9.59 Å². The molecule has 0 aromatic carbocycles. The van der Waals surface area contributed by atoms with Crippen LogP contribution in [0.1, 0.15) is 18.4 Å². The van der Waals surface area contributed by atoms with Crippen LogP contribution in [0.5, 0.6) is 0 Å². The van der Waals surface area contributed by atoms with Gasteiger partial charge in [0.05, 0.1) is 25.7 Å². The highest BCUT2D eigenvalue weighted by Crippen LogP contribution is 2.45. The minimum Gasteiger partial charge on any atom is -0.475 e. The van der Waals surface area contributed by atoms with Gasteiger partial charge in [0.15, 0.2) is 0 Å². The fraction of sp³-hybridized carbons (Fsp3) is 0.727. The molecule has 0 radical (unpaired) electrons. The fourth-order valence-electron chi connectivity index (χ4n) is 4.33. The van der Waals surface area contributed by atoms with E-state index >= 15 is 0 Å². The van der Waals surface area contributed by atoms with E-state index in [1.807, 2.05) is 13.4 Å². The van der Waals surface area contributed by atoms with E-state index in [2.05, 4.69) is 15.9 Å². The Morgan fingerprint density at radius 1 is 1.03 bits per heavy atom. The molecule has 3 rings (SSSR count). The van der Waals surface area contributed by atoms with Crippen LogP contribution in [0.15, 0.2) is 23.0 Å². The number of furan rings is 1. The predicted molar refractivity (Wildman–Crippen MR) is 117 cm³/mol. The van der Waals surface area contributed by atoms with Gasteiger partial charge in [0.25, 0.3) is 0 Å². The van der Waals surface area contributed by atoms with E-state index in [1.165, 1.54) is 38.0 Å². The van der Waals surface area contributed by atoms with Crippen molar-refractivity contribution in [1.29, 1.82) is 0 Å². The number of halogens is 6. The lowest BCUT2D eigenvalue weighted by molar-refractivity contribution is -0.193. The third-order valence-corrected chi connectivity index (χ3v) is 6.19. The first-order chi connectivity index (χ1) is 17.1. The number of alkyl halides is 6. The highest BCUT2D eigenvalue weighted by molar-refractivity contribution is 5.73. The number of aliphatic carboxylic acids is 2. The van der Waals surface area contributed by atoms with Crippen molar-refractivity contribution < 1.29 is 60.0 Å². The summed E-state index contributed by atoms with van der Waals surface area (Å²) >= 11 is 0. The molecule has 2 aliphatic rings. The third kappa shape index (κ3) is 11.3. The molecule has 214 valence electrons. The van der Waals surface area contributed by atoms with Gasteiger partial charge in [0, 0.05) is 51.9 Å². The topological polar surface area (TPSA) is 113 Å². The van der Waals surface area contributed by atoms with Gasteiger partial charge in [-0.15, -0.1) is 0 Å². The predicted octanol–water partition coefficient (Wildman–Crippen LogP) is 3.35. The molecule has 2 aliphatic heterocycles. The van der Waals surface area contributed by atoms with Gasteiger partial charge in [0.1, 0.15) is 0 Å². The van der Waals surface area contributed by atoms with Crippen molar-refractivity contribution in [3.63, 3.8) is 0 Å². The maximum Gasteiger partial charge on any atom is 0.490 e. The Kier molecular flexibility index (Phi) is 12.8. The lowest BCUT2D eigenvalue weighted by Crippen LogP contribution is -2.45. The highest BCUT2D eigenvalue weighted by Gasteiger charge is 2.47. The Labute approximate surface area is 209 Å². The Morgan fingerprint density at radius 2 is 1.57 bits per heavy atom. The van der Waals surface area contributed by atoms with Gasteiger partial charge in [-0.1, -0.05) is 0 Å². The zero-order valence-corrected chi connectivity index (χ0v) is 20.5. The quantitative estimate of drug-likeness (QED) is 0.494. The molecule has 2 fully saturated rings. The molecule has 1 spiro atoms. The van der Waals surface area contributed by atoms with Crippen molar-refractivity contribution in [2.24, 2.45) is 11.3 Å². The number of rotatable bonds is 7. The van der Waals surface area contributed by atoms with E-state index in [4.69, 9.17) is 33.7 Å². The summed E-state index contributed by atoms with van der Waals surface area (Å²) in [6, 6.07) is 2.07. The average molecular weight is 550 g/mol. The molecule has 1 unspecified atom stereocenters. The molecule has 15 heteroatoms. The molecule has 3 heterocycles. The van der Waals surface area contributed by atoms with E-state index < -0.39 is 24.3 Å². The molecule has 0 saturated carbocycles. The lowest BCUT2D eigenvalue weighted by Gasteiger charge is -2.42. The summed E-state index contributed by atoms with van der Waals surface area (Å²) in [4.78, 5) is 22.9. The van der Waals surface area contributed by atoms with Gasteiger partial charge in [-0.2, -0.15) is 26.3 Å². The van der Waals surface area contributed by atoms with Crippen molar-refractivity contribution in [3.8, 4) is 0 Å². The normalized spacial score (nSPS) is 20.1. The number of carbonyl (C=O) groups is 2. The van der Waals surface area contributed by atoms with Crippen molar-refractivity contribution in [2.45, 2.75) is 31.7 Å². The first-order valence-corrected chi connectivity index (χ1v) is 11.2. The van der Waals surface area contributed by atoms with E-state index in [1.54, 1.807) is 13.4 Å². The number of piperidine rings is 1. The number of carboxylic acid groups (broad SMARTS) is 2. The maximum absolute atomic E-state index is 10.6. The van der Waals surface area contributed by atoms with Gasteiger partial charge in [-0.05, 0) is 37.4 Å². The average Bonchev–Trinajstić information content (AvgIpc) is 3.42. The molecule has 1 atom stereocenters. The minimum absolute atomic E-state index is 0.427. The van der Waals surface area contributed by atoms with Crippen molar-refractivity contribution in [1.82, 2.24) is 9.80 Å². The molecule has 9 nitrogen and oxygen atoms in total. The van der Waals surface area contributed by atoms with E-state index in [0.29, 0.717) is 11.3 Å². The van der Waals surface area contributed by atoms with Crippen LogP contribution in [0.2, 0.25) is 0 Å². The summed E-state index contributed by atoms with van der Waals surface area (Å²) in [6.45, 7) is 8.44. The molecular formula is C22H32F6N2O7. The van der Waals surface area contributed by atoms with E-state index in [0.717, 1.165) is 32.8 Å². The first kappa shape index (κ1) is 32.7. The number of nitrogens with zero attached hydrogens (tertiary/aromatic N) is 2. The second-order valence-electron chi connectivity index (χ2n) is 8.76. The fourth-order valence-corrected chi connectivity index (χ4v) is 4.33. The van der Waals surface area contributed by atoms with Crippen LogP contribution in [-0.4, -0.2) is 104 Å². The molecule has 1 aromatic rings. The van der Waals surface area contributed by atoms with Crippen molar-refractivity contribution in [2.75, 3.05) is 60.2 Å². The largest absolute Gasteiger partial charge is 0.490 e. The number of hydrogen-bond donors (Lipinski definition) is 2. The molecule has 1 aromatic heterocycles. The van der Waals surface area contributed by atoms with Crippen LogP contribution in [0.25, 0.3) is 0 Å². The van der Waals surface area contributed by atoms with Crippen molar-refractivity contribution in [3.05, 3.63) is 24.2 Å². The number of ether oxygens (including phenoxy) is 2. The van der Waals surface area contributed by atoms with Crippen LogP contribution in [0.4, 0.5) is 26.3 Å². The minimum atomic E-state index is -5.08. The molecule has 0 aliphatic carbocycles. The monoisotopic (exact) mass is 550 g/mol. The second-order valence-corrected chi connectivity index (χ2v) is 8.76. The smallest absolute Gasteiger partial charge is 0.475 e. The van der Waals surface area contributed by atoms with Crippen LogP contribution in [-0.2, 0) is 25.6 Å². The van der Waals surface area contributed by atoms with Gasteiger partial charge in [0.2, 0.25) is 0 Å². The Morgan fingerprint density at radius 3 is 1.97 bits per heavy atom. The Bertz CT molecular complexity index is 785. The summed E-state index contributed by atoms with van der Waals surface area (Å²) in [6.07, 6.45) is -4.01. The van der Waals surface area contributed by atoms with Crippen LogP contribution < -0.4 is 0 Å². The van der Waals surface area contributed by atoms with Gasteiger partial charge < -0.3 is 29.0 Å². The van der Waals surface area contributed by atoms with Crippen LogP contribution in [0.3, 0.4) is 0 Å². The number of methoxy groups -OCH3 is 2. The molecule has 2 N–H and O–H groups in total. The lowest BCUT2D eigenvalue weighted by atomic mass is 9.71. The maximum atomic E-state index is 10.6. The third-order valence-electron chi connectivity index (χ3n) is 6.19. The van der Waals surface area contributed by atoms with Crippen molar-refractivity contribution >= 4 is 11.9 Å². The summed E-state index contributed by atoms with van der Waals surface area (Å²) in [5.41, 5.74) is 1.71. The SMILES string of the molecule is COCCN1CC(COC)C2(CCN(Cc3ccoc3)CC2)C1.O=C(O)C(F)(F)F.O=C(O)C(F)(F)F. The highest BCUT2D eigenvalue weighted by atomic mass is 19.4. The van der Waals surface area contributed by atoms with Gasteiger partial charge in [-0.3, -0.25) is 4.90 Å². The molecule has 0 bridgehead atoms. The van der Waals surface area contributed by atoms with E-state index in [-0.39, 0.29) is 0 Å². The molecular weight excluding hydrogens is 518 g/mol. The summed E-state index contributed by atoms with van der Waals surface area (Å²) in [7, 11) is 3.62. The number of hydrogen-bond acceptors (Lipinski definition) is 7. The van der Waals surface area contributed by atoms with E-state index in [9.17, 15) is 26.3 Å². The number of likely N-dealkylation sites (tertiary alicyclic amines) is 2. The molecule has 0 amide bonds. The Balaban J connectivity index is 0.000000404. The van der Waals surface area contributed by atoms with Crippen LogP contribution >= 0.6 is 0 Å². The van der Waals surface area contributed by atoms with Gasteiger partial charge >= 0.3 is 24.3 Å². The van der Waals surface area contributed by atoms with Crippen LogP contribution in [0, 0.1) is 11.3 Å². The zero-order chi connectivity index (χ0) is 28.3. The summed E-state index contributed by atoms with van der Waals surface area (Å²) in [5, 5.41) is 14.2. The standard InChI is InChI=1S/C18H30N2O3.2C2HF3O2/c1-21-10-8-20-12-17(14-22-2)18(15-20)4-6-19(7-5-18)11-16-3-9-23-13-16;2*3-2(4,5)1(6)7/h3,9,13,17H,4-8,10-12,14-15H2,1-2H3;2*(H,6,7). The molecule has 2 saturated heterocycles.